The summed E-state index contributed by atoms with van der Waals surface area (Å²) in [7, 11) is 2.91. The number of methoxy groups -OCH3 is 2. The third-order valence-electron chi connectivity index (χ3n) is 4.68. The minimum absolute atomic E-state index is 0.251. The van der Waals surface area contributed by atoms with Gasteiger partial charge in [-0.05, 0) is 67.8 Å². The molecule has 28 heavy (non-hydrogen) atoms. The van der Waals surface area contributed by atoms with E-state index in [1.165, 1.54) is 7.11 Å². The molecule has 144 valence electrons. The fraction of sp³-hybridized carbons (Fsp3) is 0.217. The molecular formula is C23H23NO4. The summed E-state index contributed by atoms with van der Waals surface area (Å²) < 4.78 is 10.1. The molecule has 2 aromatic rings. The number of aryl methyl sites for hydroxylation is 2. The van der Waals surface area contributed by atoms with Crippen LogP contribution in [0.3, 0.4) is 0 Å². The highest BCUT2D eigenvalue weighted by atomic mass is 16.5. The maximum absolute atomic E-state index is 13.3. The normalized spacial score (nSPS) is 15.4. The van der Waals surface area contributed by atoms with Gasteiger partial charge >= 0.3 is 5.97 Å². The SMILES string of the molecule is COC(=O)C1=C(C)N(c2cc(C)cc(C)c2)C(=O)/C1=C\c1ccc(OC)cc1. The second kappa shape index (κ2) is 7.72. The summed E-state index contributed by atoms with van der Waals surface area (Å²) in [5, 5.41) is 0. The fourth-order valence-electron chi connectivity index (χ4n) is 3.44. The van der Waals surface area contributed by atoms with Gasteiger partial charge in [0, 0.05) is 11.4 Å². The van der Waals surface area contributed by atoms with Gasteiger partial charge in [0.05, 0.1) is 25.4 Å². The first-order chi connectivity index (χ1) is 13.3. The Kier molecular flexibility index (Phi) is 5.36. The Morgan fingerprint density at radius 3 is 2.11 bits per heavy atom. The van der Waals surface area contributed by atoms with E-state index in [4.69, 9.17) is 9.47 Å². The molecule has 5 nitrogen and oxygen atoms in total. The van der Waals surface area contributed by atoms with Crippen molar-refractivity contribution < 1.29 is 19.1 Å². The summed E-state index contributed by atoms with van der Waals surface area (Å²) >= 11 is 0. The molecular weight excluding hydrogens is 354 g/mol. The van der Waals surface area contributed by atoms with E-state index in [-0.39, 0.29) is 11.5 Å². The van der Waals surface area contributed by atoms with Crippen LogP contribution in [0.25, 0.3) is 6.08 Å². The van der Waals surface area contributed by atoms with Crippen molar-refractivity contribution in [3.63, 3.8) is 0 Å². The second-order valence-electron chi connectivity index (χ2n) is 6.77. The molecule has 0 radical (unpaired) electrons. The maximum atomic E-state index is 13.3. The molecule has 0 aromatic heterocycles. The quantitative estimate of drug-likeness (QED) is 0.592. The Morgan fingerprint density at radius 2 is 1.57 bits per heavy atom. The first-order valence-corrected chi connectivity index (χ1v) is 8.93. The van der Waals surface area contributed by atoms with Gasteiger partial charge in [-0.25, -0.2) is 4.79 Å². The number of rotatable bonds is 4. The van der Waals surface area contributed by atoms with E-state index in [0.29, 0.717) is 11.3 Å². The highest BCUT2D eigenvalue weighted by molar-refractivity contribution is 6.23. The average molecular weight is 377 g/mol. The van der Waals surface area contributed by atoms with E-state index >= 15 is 0 Å². The Labute approximate surface area is 164 Å². The molecule has 0 saturated heterocycles. The molecule has 2 aromatic carbocycles. The minimum Gasteiger partial charge on any atom is -0.497 e. The van der Waals surface area contributed by atoms with Crippen molar-refractivity contribution >= 4 is 23.6 Å². The molecule has 0 unspecified atom stereocenters. The van der Waals surface area contributed by atoms with Crippen LogP contribution in [0.5, 0.6) is 5.75 Å². The zero-order valence-corrected chi connectivity index (χ0v) is 16.7. The Bertz CT molecular complexity index is 980. The van der Waals surface area contributed by atoms with E-state index in [1.54, 1.807) is 25.0 Å². The molecule has 1 heterocycles. The number of nitrogens with zero attached hydrogens (tertiary/aromatic N) is 1. The van der Waals surface area contributed by atoms with Crippen LogP contribution >= 0.6 is 0 Å². The lowest BCUT2D eigenvalue weighted by Gasteiger charge is -2.19. The molecule has 0 fully saturated rings. The number of carbonyl (C=O) groups excluding carboxylic acids is 2. The number of hydrogen-bond acceptors (Lipinski definition) is 4. The number of allylic oxidation sites excluding steroid dienone is 1. The summed E-state index contributed by atoms with van der Waals surface area (Å²) in [6.45, 7) is 5.72. The fourth-order valence-corrected chi connectivity index (χ4v) is 3.44. The number of carbonyl (C=O) groups is 2. The Morgan fingerprint density at radius 1 is 0.964 bits per heavy atom. The van der Waals surface area contributed by atoms with Crippen LogP contribution in [0, 0.1) is 13.8 Å². The molecule has 1 amide bonds. The Balaban J connectivity index is 2.12. The van der Waals surface area contributed by atoms with Crippen LogP contribution in [-0.4, -0.2) is 26.1 Å². The molecule has 0 spiro atoms. The zero-order valence-electron chi connectivity index (χ0n) is 16.7. The van der Waals surface area contributed by atoms with Crippen molar-refractivity contribution in [2.75, 3.05) is 19.1 Å². The molecule has 3 rings (SSSR count). The van der Waals surface area contributed by atoms with Crippen molar-refractivity contribution in [3.05, 3.63) is 76.0 Å². The van der Waals surface area contributed by atoms with Gasteiger partial charge in [0.1, 0.15) is 5.75 Å². The predicted molar refractivity (Wildman–Crippen MR) is 109 cm³/mol. The van der Waals surface area contributed by atoms with Gasteiger partial charge in [-0.15, -0.1) is 0 Å². The summed E-state index contributed by atoms with van der Waals surface area (Å²) in [5.74, 6) is -0.0621. The summed E-state index contributed by atoms with van der Waals surface area (Å²) in [4.78, 5) is 27.3. The van der Waals surface area contributed by atoms with E-state index in [0.717, 1.165) is 28.1 Å². The van der Waals surface area contributed by atoms with Gasteiger partial charge in [-0.2, -0.15) is 0 Å². The van der Waals surface area contributed by atoms with Gasteiger partial charge in [0.25, 0.3) is 5.91 Å². The lowest BCUT2D eigenvalue weighted by Crippen LogP contribution is -2.24. The smallest absolute Gasteiger partial charge is 0.340 e. The van der Waals surface area contributed by atoms with Crippen molar-refractivity contribution in [2.24, 2.45) is 0 Å². The van der Waals surface area contributed by atoms with E-state index in [2.05, 4.69) is 0 Å². The number of anilines is 1. The first-order valence-electron chi connectivity index (χ1n) is 8.93. The predicted octanol–water partition coefficient (Wildman–Crippen LogP) is 4.19. The summed E-state index contributed by atoms with van der Waals surface area (Å²) in [6, 6.07) is 13.2. The van der Waals surface area contributed by atoms with Crippen LogP contribution in [0.1, 0.15) is 23.6 Å². The minimum atomic E-state index is -0.530. The second-order valence-corrected chi connectivity index (χ2v) is 6.77. The molecule has 1 aliphatic rings. The van der Waals surface area contributed by atoms with Crippen LogP contribution in [0.2, 0.25) is 0 Å². The highest BCUT2D eigenvalue weighted by Gasteiger charge is 2.38. The molecule has 0 aliphatic carbocycles. The molecule has 1 aliphatic heterocycles. The third kappa shape index (κ3) is 3.56. The number of ether oxygens (including phenoxy) is 2. The molecule has 0 N–H and O–H groups in total. The standard InChI is InChI=1S/C23H23NO4/c1-14-10-15(2)12-18(11-14)24-16(3)21(23(26)28-5)20(22(24)25)13-17-6-8-19(27-4)9-7-17/h6-13H,1-5H3/b20-13-. The van der Waals surface area contributed by atoms with E-state index < -0.39 is 5.97 Å². The van der Waals surface area contributed by atoms with Crippen LogP contribution in [0.4, 0.5) is 5.69 Å². The van der Waals surface area contributed by atoms with Gasteiger partial charge in [-0.3, -0.25) is 9.69 Å². The van der Waals surface area contributed by atoms with Crippen LogP contribution in [-0.2, 0) is 14.3 Å². The zero-order chi connectivity index (χ0) is 20.4. The number of esters is 1. The van der Waals surface area contributed by atoms with Gasteiger partial charge in [0.15, 0.2) is 0 Å². The molecule has 0 saturated carbocycles. The topological polar surface area (TPSA) is 55.8 Å². The van der Waals surface area contributed by atoms with E-state index in [1.807, 2.05) is 56.3 Å². The number of amides is 1. The van der Waals surface area contributed by atoms with Gasteiger partial charge in [-0.1, -0.05) is 18.2 Å². The van der Waals surface area contributed by atoms with Crippen molar-refractivity contribution in [1.82, 2.24) is 0 Å². The molecule has 5 heteroatoms. The number of benzene rings is 2. The summed E-state index contributed by atoms with van der Waals surface area (Å²) in [5.41, 5.74) is 4.77. The lowest BCUT2D eigenvalue weighted by molar-refractivity contribution is -0.136. The average Bonchev–Trinajstić information content (AvgIpc) is 2.91. The molecule has 0 atom stereocenters. The van der Waals surface area contributed by atoms with Crippen LogP contribution in [0.15, 0.2) is 59.3 Å². The highest BCUT2D eigenvalue weighted by Crippen LogP contribution is 2.36. The van der Waals surface area contributed by atoms with E-state index in [9.17, 15) is 9.59 Å². The number of hydrogen-bond donors (Lipinski definition) is 0. The van der Waals surface area contributed by atoms with Crippen molar-refractivity contribution in [2.45, 2.75) is 20.8 Å². The van der Waals surface area contributed by atoms with Gasteiger partial charge < -0.3 is 9.47 Å². The Hall–Kier alpha value is -3.34. The van der Waals surface area contributed by atoms with Crippen LogP contribution < -0.4 is 9.64 Å². The summed E-state index contributed by atoms with van der Waals surface area (Å²) in [6.07, 6.45) is 1.71. The third-order valence-corrected chi connectivity index (χ3v) is 4.68. The van der Waals surface area contributed by atoms with Gasteiger partial charge in [0.2, 0.25) is 0 Å². The maximum Gasteiger partial charge on any atom is 0.340 e. The monoisotopic (exact) mass is 377 g/mol. The molecule has 0 bridgehead atoms. The largest absolute Gasteiger partial charge is 0.497 e. The van der Waals surface area contributed by atoms with Crippen molar-refractivity contribution in [1.29, 1.82) is 0 Å². The van der Waals surface area contributed by atoms with Crippen molar-refractivity contribution in [3.8, 4) is 5.75 Å². The first kappa shape index (κ1) is 19.4. The lowest BCUT2D eigenvalue weighted by atomic mass is 10.0.